The van der Waals surface area contributed by atoms with Gasteiger partial charge in [-0.25, -0.2) is 9.67 Å². The molecule has 6 nitrogen and oxygen atoms in total. The lowest BCUT2D eigenvalue weighted by atomic mass is 10.1. The predicted octanol–water partition coefficient (Wildman–Crippen LogP) is 4.04. The number of carbonyl (C=O) groups is 1. The van der Waals surface area contributed by atoms with Gasteiger partial charge in [-0.2, -0.15) is 5.10 Å². The molecule has 1 atom stereocenters. The van der Waals surface area contributed by atoms with E-state index in [0.717, 1.165) is 5.56 Å². The van der Waals surface area contributed by atoms with Crippen LogP contribution < -0.4 is 10.1 Å². The molecular weight excluding hydrogens is 375 g/mol. The second-order valence-corrected chi connectivity index (χ2v) is 6.34. The van der Waals surface area contributed by atoms with Crippen LogP contribution in [0.3, 0.4) is 0 Å². The molecule has 26 heavy (non-hydrogen) atoms. The Kier molecular flexibility index (Phi) is 5.75. The van der Waals surface area contributed by atoms with E-state index < -0.39 is 6.10 Å². The summed E-state index contributed by atoms with van der Waals surface area (Å²) in [6, 6.07) is 12.5. The van der Waals surface area contributed by atoms with E-state index in [0.29, 0.717) is 23.0 Å². The molecule has 1 amide bonds. The third kappa shape index (κ3) is 4.33. The van der Waals surface area contributed by atoms with Crippen molar-refractivity contribution in [2.75, 3.05) is 5.32 Å². The van der Waals surface area contributed by atoms with Gasteiger partial charge in [0.1, 0.15) is 23.4 Å². The topological polar surface area (TPSA) is 69.0 Å². The minimum atomic E-state index is -0.759. The van der Waals surface area contributed by atoms with Crippen molar-refractivity contribution in [2.24, 2.45) is 0 Å². The maximum Gasteiger partial charge on any atom is 0.265 e. The first kappa shape index (κ1) is 18.2. The van der Waals surface area contributed by atoms with Crippen molar-refractivity contribution in [1.82, 2.24) is 14.8 Å². The summed E-state index contributed by atoms with van der Waals surface area (Å²) in [5.41, 5.74) is 1.58. The molecule has 0 aliphatic carbocycles. The van der Waals surface area contributed by atoms with E-state index in [4.69, 9.17) is 27.9 Å². The molecule has 1 aromatic heterocycles. The van der Waals surface area contributed by atoms with E-state index in [9.17, 15) is 4.79 Å². The molecule has 0 fully saturated rings. The maximum absolute atomic E-state index is 12.5. The van der Waals surface area contributed by atoms with Gasteiger partial charge in [0.15, 0.2) is 6.10 Å². The van der Waals surface area contributed by atoms with E-state index in [-0.39, 0.29) is 10.9 Å². The first-order valence-electron chi connectivity index (χ1n) is 7.86. The van der Waals surface area contributed by atoms with Gasteiger partial charge in [0.2, 0.25) is 0 Å². The van der Waals surface area contributed by atoms with Crippen LogP contribution in [0.5, 0.6) is 5.75 Å². The molecule has 3 rings (SSSR count). The summed E-state index contributed by atoms with van der Waals surface area (Å²) < 4.78 is 7.33. The molecule has 0 saturated carbocycles. The van der Waals surface area contributed by atoms with Crippen LogP contribution >= 0.6 is 23.2 Å². The minimum Gasteiger partial charge on any atom is -0.479 e. The van der Waals surface area contributed by atoms with Gasteiger partial charge in [0, 0.05) is 5.69 Å². The van der Waals surface area contributed by atoms with Crippen molar-refractivity contribution in [3.8, 4) is 5.75 Å². The van der Waals surface area contributed by atoms with Crippen LogP contribution in [-0.4, -0.2) is 26.8 Å². The van der Waals surface area contributed by atoms with E-state index in [1.54, 1.807) is 36.1 Å². The third-order valence-electron chi connectivity index (χ3n) is 3.66. The van der Waals surface area contributed by atoms with E-state index in [1.165, 1.54) is 6.33 Å². The van der Waals surface area contributed by atoms with Crippen molar-refractivity contribution in [3.63, 3.8) is 0 Å². The molecule has 0 aliphatic rings. The molecule has 0 bridgehead atoms. The van der Waals surface area contributed by atoms with Gasteiger partial charge < -0.3 is 10.1 Å². The monoisotopic (exact) mass is 390 g/mol. The number of ether oxygens (including phenoxy) is 1. The van der Waals surface area contributed by atoms with E-state index >= 15 is 0 Å². The predicted molar refractivity (Wildman–Crippen MR) is 101 cm³/mol. The first-order valence-corrected chi connectivity index (χ1v) is 8.62. The Balaban J connectivity index is 1.70. The number of nitrogens with one attached hydrogen (secondary N) is 1. The molecular formula is C18H16Cl2N4O2. The Morgan fingerprint density at radius 1 is 1.23 bits per heavy atom. The fourth-order valence-electron chi connectivity index (χ4n) is 2.32. The van der Waals surface area contributed by atoms with Crippen molar-refractivity contribution in [2.45, 2.75) is 19.6 Å². The quantitative estimate of drug-likeness (QED) is 0.689. The number of amides is 1. The number of halogens is 2. The van der Waals surface area contributed by atoms with Gasteiger partial charge in [0.05, 0.1) is 11.6 Å². The number of aromatic nitrogens is 3. The van der Waals surface area contributed by atoms with Crippen molar-refractivity contribution in [1.29, 1.82) is 0 Å². The molecule has 0 aliphatic heterocycles. The number of nitrogens with zero attached hydrogens (tertiary/aromatic N) is 3. The number of carbonyl (C=O) groups excluding carboxylic acids is 1. The van der Waals surface area contributed by atoms with Crippen molar-refractivity contribution in [3.05, 3.63) is 70.7 Å². The van der Waals surface area contributed by atoms with Gasteiger partial charge in [-0.15, -0.1) is 0 Å². The zero-order valence-electron chi connectivity index (χ0n) is 13.9. The SMILES string of the molecule is CC(Oc1cccc(Cl)c1Cl)C(=O)Nc1ccccc1Cn1cncn1. The van der Waals surface area contributed by atoms with Gasteiger partial charge in [-0.1, -0.05) is 47.5 Å². The molecule has 2 aromatic carbocycles. The molecule has 1 heterocycles. The van der Waals surface area contributed by atoms with Crippen molar-refractivity contribution >= 4 is 34.8 Å². The van der Waals surface area contributed by atoms with Gasteiger partial charge in [-0.3, -0.25) is 4.79 Å². The lowest BCUT2D eigenvalue weighted by Crippen LogP contribution is -2.30. The highest BCUT2D eigenvalue weighted by molar-refractivity contribution is 6.42. The Bertz CT molecular complexity index is 900. The first-order chi connectivity index (χ1) is 12.5. The highest BCUT2D eigenvalue weighted by Gasteiger charge is 2.18. The van der Waals surface area contributed by atoms with Crippen LogP contribution in [0.4, 0.5) is 5.69 Å². The maximum atomic E-state index is 12.5. The Morgan fingerprint density at radius 2 is 2.04 bits per heavy atom. The number of para-hydroxylation sites is 1. The third-order valence-corrected chi connectivity index (χ3v) is 4.46. The number of anilines is 1. The zero-order valence-corrected chi connectivity index (χ0v) is 15.4. The van der Waals surface area contributed by atoms with Crippen LogP contribution in [0.1, 0.15) is 12.5 Å². The van der Waals surface area contributed by atoms with Crippen LogP contribution in [0, 0.1) is 0 Å². The number of hydrogen-bond donors (Lipinski definition) is 1. The number of benzene rings is 2. The summed E-state index contributed by atoms with van der Waals surface area (Å²) in [7, 11) is 0. The Hall–Kier alpha value is -2.57. The normalized spacial score (nSPS) is 11.8. The second-order valence-electron chi connectivity index (χ2n) is 5.55. The van der Waals surface area contributed by atoms with E-state index in [1.807, 2.05) is 24.3 Å². The second kappa shape index (κ2) is 8.21. The van der Waals surface area contributed by atoms with Crippen LogP contribution in [0.25, 0.3) is 0 Å². The molecule has 0 radical (unpaired) electrons. The average Bonchev–Trinajstić information content (AvgIpc) is 3.13. The van der Waals surface area contributed by atoms with Gasteiger partial charge in [0.25, 0.3) is 5.91 Å². The fraction of sp³-hybridized carbons (Fsp3) is 0.167. The molecule has 134 valence electrons. The number of hydrogen-bond acceptors (Lipinski definition) is 4. The zero-order chi connectivity index (χ0) is 18.5. The van der Waals surface area contributed by atoms with Crippen LogP contribution in [0.2, 0.25) is 10.0 Å². The van der Waals surface area contributed by atoms with Gasteiger partial charge >= 0.3 is 0 Å². The van der Waals surface area contributed by atoms with Gasteiger partial charge in [-0.05, 0) is 30.7 Å². The van der Waals surface area contributed by atoms with Crippen LogP contribution in [-0.2, 0) is 11.3 Å². The summed E-state index contributed by atoms with van der Waals surface area (Å²) in [4.78, 5) is 16.4. The molecule has 1 unspecified atom stereocenters. The molecule has 1 N–H and O–H groups in total. The van der Waals surface area contributed by atoms with Crippen molar-refractivity contribution < 1.29 is 9.53 Å². The molecule has 8 heteroatoms. The molecule has 3 aromatic rings. The fourth-order valence-corrected chi connectivity index (χ4v) is 2.66. The lowest BCUT2D eigenvalue weighted by molar-refractivity contribution is -0.122. The number of rotatable bonds is 6. The standard InChI is InChI=1S/C18H16Cl2N4O2/c1-12(26-16-8-4-6-14(19)17(16)20)18(25)23-15-7-3-2-5-13(15)9-24-11-21-10-22-24/h2-8,10-12H,9H2,1H3,(H,23,25). The summed E-state index contributed by atoms with van der Waals surface area (Å²) in [6.07, 6.45) is 2.32. The highest BCUT2D eigenvalue weighted by Crippen LogP contribution is 2.32. The Morgan fingerprint density at radius 3 is 2.81 bits per heavy atom. The van der Waals surface area contributed by atoms with E-state index in [2.05, 4.69) is 15.4 Å². The highest BCUT2D eigenvalue weighted by atomic mass is 35.5. The summed E-state index contributed by atoms with van der Waals surface area (Å²) in [5.74, 6) is 0.0600. The van der Waals surface area contributed by atoms with Crippen LogP contribution in [0.15, 0.2) is 55.1 Å². The summed E-state index contributed by atoms with van der Waals surface area (Å²) in [5, 5.41) is 7.61. The summed E-state index contributed by atoms with van der Waals surface area (Å²) >= 11 is 12.1. The minimum absolute atomic E-state index is 0.278. The largest absolute Gasteiger partial charge is 0.479 e. The molecule has 0 spiro atoms. The lowest BCUT2D eigenvalue weighted by Gasteiger charge is -2.17. The average molecular weight is 391 g/mol. The summed E-state index contributed by atoms with van der Waals surface area (Å²) in [6.45, 7) is 2.14. The smallest absolute Gasteiger partial charge is 0.265 e. The molecule has 0 saturated heterocycles. The Labute approximate surface area is 160 Å².